The number of amides is 2. The highest BCUT2D eigenvalue weighted by atomic mass is 16.5. The first kappa shape index (κ1) is 19.4. The third-order valence-electron chi connectivity index (χ3n) is 4.97. The lowest BCUT2D eigenvalue weighted by Crippen LogP contribution is -2.36. The van der Waals surface area contributed by atoms with E-state index in [1.54, 1.807) is 0 Å². The van der Waals surface area contributed by atoms with Gasteiger partial charge in [-0.1, -0.05) is 50.1 Å². The Morgan fingerprint density at radius 3 is 2.68 bits per heavy atom. The molecule has 1 fully saturated rings. The fraction of sp³-hybridized carbons (Fsp3) is 0.722. The number of hydrogen-bond donors (Lipinski definition) is 3. The zero-order chi connectivity index (χ0) is 17.9. The number of nitrogens with one attached hydrogen (secondary N) is 2. The summed E-state index contributed by atoms with van der Waals surface area (Å²) >= 11 is 0. The average molecular weight is 351 g/mol. The molecule has 0 bridgehead atoms. The lowest BCUT2D eigenvalue weighted by Gasteiger charge is -2.24. The quantitative estimate of drug-likeness (QED) is 0.593. The number of aromatic nitrogens is 1. The molecule has 0 saturated heterocycles. The van der Waals surface area contributed by atoms with Gasteiger partial charge in [-0.2, -0.15) is 0 Å². The Balaban J connectivity index is 1.65. The van der Waals surface area contributed by atoms with Crippen molar-refractivity contribution in [1.29, 1.82) is 0 Å². The fourth-order valence-electron chi connectivity index (χ4n) is 3.48. The number of hydrogen-bond acceptors (Lipinski definition) is 5. The van der Waals surface area contributed by atoms with E-state index < -0.39 is 11.8 Å². The van der Waals surface area contributed by atoms with Crippen molar-refractivity contribution in [3.05, 3.63) is 12.3 Å². The number of aliphatic hydroxyl groups excluding tert-OH is 1. The molecule has 0 radical (unpaired) electrons. The summed E-state index contributed by atoms with van der Waals surface area (Å²) in [6.07, 6.45) is 11.8. The Morgan fingerprint density at radius 2 is 2.00 bits per heavy atom. The van der Waals surface area contributed by atoms with E-state index in [-0.39, 0.29) is 12.4 Å². The molecule has 140 valence electrons. The summed E-state index contributed by atoms with van der Waals surface area (Å²) in [5.41, 5.74) is 0. The highest BCUT2D eigenvalue weighted by Crippen LogP contribution is 2.29. The molecule has 1 aromatic heterocycles. The lowest BCUT2D eigenvalue weighted by atomic mass is 9.83. The van der Waals surface area contributed by atoms with Crippen molar-refractivity contribution < 1.29 is 19.2 Å². The third kappa shape index (κ3) is 7.25. The molecule has 1 aliphatic carbocycles. The van der Waals surface area contributed by atoms with Crippen molar-refractivity contribution in [3.8, 4) is 0 Å². The molecular formula is C18H29N3O4. The second kappa shape index (κ2) is 10.9. The van der Waals surface area contributed by atoms with Crippen LogP contribution in [-0.2, 0) is 9.59 Å². The van der Waals surface area contributed by atoms with Crippen LogP contribution < -0.4 is 10.6 Å². The van der Waals surface area contributed by atoms with E-state index in [4.69, 9.17) is 0 Å². The van der Waals surface area contributed by atoms with Crippen molar-refractivity contribution in [1.82, 2.24) is 10.5 Å². The van der Waals surface area contributed by atoms with E-state index >= 15 is 0 Å². The van der Waals surface area contributed by atoms with Crippen molar-refractivity contribution in [2.45, 2.75) is 57.8 Å². The maximum absolute atomic E-state index is 11.8. The molecule has 3 N–H and O–H groups in total. The van der Waals surface area contributed by atoms with Crippen LogP contribution in [0.25, 0.3) is 0 Å². The zero-order valence-corrected chi connectivity index (χ0v) is 14.7. The van der Waals surface area contributed by atoms with Crippen molar-refractivity contribution in [2.75, 3.05) is 18.5 Å². The Labute approximate surface area is 148 Å². The standard InChI is InChI=1S/C18H29N3O4/c22-12-9-15(7-6-14-4-2-1-3-5-14)8-11-19-17(23)18(24)20-16-10-13-25-21-16/h10,13-15,22H,1-9,11-12H2,(H,19,23)(H,20,21,24). The predicted octanol–water partition coefficient (Wildman–Crippen LogP) is 2.48. The first-order valence-corrected chi connectivity index (χ1v) is 9.29. The largest absolute Gasteiger partial charge is 0.396 e. The average Bonchev–Trinajstić information content (AvgIpc) is 3.13. The summed E-state index contributed by atoms with van der Waals surface area (Å²) in [4.78, 5) is 23.5. The maximum Gasteiger partial charge on any atom is 0.314 e. The molecule has 1 unspecified atom stereocenters. The molecule has 2 amide bonds. The number of nitrogens with zero attached hydrogens (tertiary/aromatic N) is 1. The van der Waals surface area contributed by atoms with E-state index in [0.29, 0.717) is 12.5 Å². The molecule has 0 spiro atoms. The minimum absolute atomic E-state index is 0.163. The zero-order valence-electron chi connectivity index (χ0n) is 14.7. The van der Waals surface area contributed by atoms with Crippen molar-refractivity contribution in [2.24, 2.45) is 11.8 Å². The molecule has 1 atom stereocenters. The number of carbonyl (C=O) groups is 2. The van der Waals surface area contributed by atoms with E-state index in [1.807, 2.05) is 0 Å². The Hall–Kier alpha value is -1.89. The van der Waals surface area contributed by atoms with Crippen molar-refractivity contribution in [3.63, 3.8) is 0 Å². The van der Waals surface area contributed by atoms with Crippen LogP contribution in [0.15, 0.2) is 16.9 Å². The van der Waals surface area contributed by atoms with Crippen LogP contribution in [0, 0.1) is 11.8 Å². The molecule has 7 nitrogen and oxygen atoms in total. The maximum atomic E-state index is 11.8. The van der Waals surface area contributed by atoms with Crippen LogP contribution in [0.5, 0.6) is 0 Å². The van der Waals surface area contributed by atoms with Gasteiger partial charge in [-0.25, -0.2) is 0 Å². The van der Waals surface area contributed by atoms with Gasteiger partial charge >= 0.3 is 11.8 Å². The topological polar surface area (TPSA) is 104 Å². The molecule has 0 aromatic carbocycles. The Bertz CT molecular complexity index is 512. The van der Waals surface area contributed by atoms with Gasteiger partial charge in [0.15, 0.2) is 5.82 Å². The second-order valence-corrected chi connectivity index (χ2v) is 6.84. The van der Waals surface area contributed by atoms with Gasteiger partial charge < -0.3 is 14.9 Å². The highest BCUT2D eigenvalue weighted by Gasteiger charge is 2.18. The Morgan fingerprint density at radius 1 is 1.20 bits per heavy atom. The van der Waals surface area contributed by atoms with Crippen LogP contribution in [0.2, 0.25) is 0 Å². The monoisotopic (exact) mass is 351 g/mol. The summed E-state index contributed by atoms with van der Waals surface area (Å²) in [6, 6.07) is 1.47. The Kier molecular flexibility index (Phi) is 8.45. The minimum Gasteiger partial charge on any atom is -0.396 e. The second-order valence-electron chi connectivity index (χ2n) is 6.84. The summed E-state index contributed by atoms with van der Waals surface area (Å²) in [5.74, 6) is -0.0257. The smallest absolute Gasteiger partial charge is 0.314 e. The van der Waals surface area contributed by atoms with E-state index in [1.165, 1.54) is 50.9 Å². The normalized spacial score (nSPS) is 16.4. The molecular weight excluding hydrogens is 322 g/mol. The van der Waals surface area contributed by atoms with Gasteiger partial charge in [0.25, 0.3) is 0 Å². The number of anilines is 1. The fourth-order valence-corrected chi connectivity index (χ4v) is 3.48. The molecule has 7 heteroatoms. The van der Waals surface area contributed by atoms with Crippen LogP contribution >= 0.6 is 0 Å². The number of carbonyl (C=O) groups excluding carboxylic acids is 2. The minimum atomic E-state index is -0.755. The summed E-state index contributed by atoms with van der Waals surface area (Å²) in [7, 11) is 0. The number of aliphatic hydroxyl groups is 1. The predicted molar refractivity (Wildman–Crippen MR) is 93.8 cm³/mol. The van der Waals surface area contributed by atoms with E-state index in [0.717, 1.165) is 25.2 Å². The van der Waals surface area contributed by atoms with Gasteiger partial charge in [0.2, 0.25) is 0 Å². The molecule has 1 aromatic rings. The molecule has 2 rings (SSSR count). The van der Waals surface area contributed by atoms with E-state index in [9.17, 15) is 14.7 Å². The molecule has 25 heavy (non-hydrogen) atoms. The molecule has 1 aliphatic rings. The van der Waals surface area contributed by atoms with Gasteiger partial charge in [-0.05, 0) is 24.7 Å². The molecule has 1 heterocycles. The lowest BCUT2D eigenvalue weighted by molar-refractivity contribution is -0.136. The van der Waals surface area contributed by atoms with Crippen LogP contribution in [0.4, 0.5) is 5.82 Å². The highest BCUT2D eigenvalue weighted by molar-refractivity contribution is 6.39. The van der Waals surface area contributed by atoms with Gasteiger partial charge in [0.1, 0.15) is 6.26 Å². The van der Waals surface area contributed by atoms with Gasteiger partial charge in [0.05, 0.1) is 0 Å². The van der Waals surface area contributed by atoms with E-state index in [2.05, 4.69) is 20.3 Å². The van der Waals surface area contributed by atoms with Crippen LogP contribution in [-0.4, -0.2) is 35.2 Å². The number of rotatable bonds is 9. The summed E-state index contributed by atoms with van der Waals surface area (Å²) in [6.45, 7) is 0.594. The third-order valence-corrected chi connectivity index (χ3v) is 4.97. The van der Waals surface area contributed by atoms with Crippen LogP contribution in [0.1, 0.15) is 57.8 Å². The summed E-state index contributed by atoms with van der Waals surface area (Å²) < 4.78 is 4.59. The van der Waals surface area contributed by atoms with Crippen LogP contribution in [0.3, 0.4) is 0 Å². The van der Waals surface area contributed by atoms with Gasteiger partial charge in [-0.15, -0.1) is 0 Å². The SMILES string of the molecule is O=C(NCCC(CCO)CCC1CCCCC1)C(=O)Nc1ccon1. The first-order valence-electron chi connectivity index (χ1n) is 9.29. The first-order chi connectivity index (χ1) is 12.2. The van der Waals surface area contributed by atoms with Gasteiger partial charge in [-0.3, -0.25) is 14.9 Å². The summed E-state index contributed by atoms with van der Waals surface area (Å²) in [5, 5.41) is 17.8. The van der Waals surface area contributed by atoms with Gasteiger partial charge in [0, 0.05) is 19.2 Å². The molecule has 0 aliphatic heterocycles. The molecule has 1 saturated carbocycles. The van der Waals surface area contributed by atoms with Crippen molar-refractivity contribution >= 4 is 17.6 Å².